The number of carbonyl (C=O) groups is 1. The number of methoxy groups -OCH3 is 1. The predicted molar refractivity (Wildman–Crippen MR) is 134 cm³/mol. The van der Waals surface area contributed by atoms with Gasteiger partial charge in [0, 0.05) is 49.7 Å². The topological polar surface area (TPSA) is 101 Å². The quantitative estimate of drug-likeness (QED) is 0.270. The van der Waals surface area contributed by atoms with Crippen molar-refractivity contribution in [3.8, 4) is 5.75 Å². The average molecular weight is 534 g/mol. The van der Waals surface area contributed by atoms with Gasteiger partial charge in [-0.2, -0.15) is 0 Å². The molecular formula is C25H32BrN3O5. The van der Waals surface area contributed by atoms with Gasteiger partial charge in [-0.3, -0.25) is 10.2 Å². The molecule has 34 heavy (non-hydrogen) atoms. The molecular weight excluding hydrogens is 502 g/mol. The van der Waals surface area contributed by atoms with Crippen LogP contribution in [0.3, 0.4) is 0 Å². The van der Waals surface area contributed by atoms with E-state index < -0.39 is 11.6 Å². The zero-order valence-electron chi connectivity index (χ0n) is 19.6. The highest BCUT2D eigenvalue weighted by Gasteiger charge is 2.50. The molecule has 1 heterocycles. The summed E-state index contributed by atoms with van der Waals surface area (Å²) >= 11 is 3.46. The predicted octanol–water partition coefficient (Wildman–Crippen LogP) is 3.01. The van der Waals surface area contributed by atoms with Crippen molar-refractivity contribution in [2.24, 2.45) is 4.99 Å². The van der Waals surface area contributed by atoms with Gasteiger partial charge in [-0.25, -0.2) is 10.4 Å². The highest BCUT2D eigenvalue weighted by molar-refractivity contribution is 9.10. The number of benzene rings is 2. The number of rotatable bonds is 13. The standard InChI is InChI=1S/C25H32BrN3O5/c1-18-25(17-19-5-9-21(26)10-6-19,24(31)29-27-13-3-15-32-2)28-23(34-18)20-7-11-22(12-8-20)33-16-4-14-30/h5-12,18,27,30H,3-4,13-17H2,1-2H3,(H,29,31)/t18-,25-/m0/s1. The van der Waals surface area contributed by atoms with Crippen molar-refractivity contribution >= 4 is 27.7 Å². The third-order valence-corrected chi connectivity index (χ3v) is 6.10. The number of hydrogen-bond acceptors (Lipinski definition) is 7. The molecule has 0 spiro atoms. The number of aliphatic hydroxyl groups excluding tert-OH is 1. The van der Waals surface area contributed by atoms with Gasteiger partial charge in [0.1, 0.15) is 11.9 Å². The first-order chi connectivity index (χ1) is 16.5. The Hall–Kier alpha value is -2.46. The third kappa shape index (κ3) is 6.79. The van der Waals surface area contributed by atoms with Crippen molar-refractivity contribution in [3.05, 3.63) is 64.1 Å². The first-order valence-corrected chi connectivity index (χ1v) is 12.1. The summed E-state index contributed by atoms with van der Waals surface area (Å²) in [6.07, 6.45) is 1.25. The number of hydrazine groups is 1. The van der Waals surface area contributed by atoms with Gasteiger partial charge in [-0.1, -0.05) is 28.1 Å². The Balaban J connectivity index is 1.81. The van der Waals surface area contributed by atoms with Crippen LogP contribution in [0.15, 0.2) is 58.0 Å². The van der Waals surface area contributed by atoms with Crippen molar-refractivity contribution in [2.75, 3.05) is 33.5 Å². The number of aliphatic imine (C=N–C) groups is 1. The second-order valence-corrected chi connectivity index (χ2v) is 9.00. The number of carbonyl (C=O) groups excluding carboxylic acids is 1. The Labute approximate surface area is 208 Å². The van der Waals surface area contributed by atoms with E-state index in [-0.39, 0.29) is 12.5 Å². The van der Waals surface area contributed by atoms with Gasteiger partial charge in [-0.05, 0) is 55.3 Å². The molecule has 0 aliphatic carbocycles. The molecule has 2 atom stereocenters. The van der Waals surface area contributed by atoms with Crippen LogP contribution in [-0.2, 0) is 20.7 Å². The fraction of sp³-hybridized carbons (Fsp3) is 0.440. The summed E-state index contributed by atoms with van der Waals surface area (Å²) in [5.74, 6) is 0.864. The molecule has 0 bridgehead atoms. The molecule has 2 aromatic carbocycles. The minimum atomic E-state index is -1.13. The van der Waals surface area contributed by atoms with E-state index in [0.29, 0.717) is 44.2 Å². The van der Waals surface area contributed by atoms with E-state index in [1.165, 1.54) is 0 Å². The van der Waals surface area contributed by atoms with Crippen molar-refractivity contribution < 1.29 is 24.1 Å². The van der Waals surface area contributed by atoms with E-state index in [4.69, 9.17) is 24.3 Å². The van der Waals surface area contributed by atoms with Crippen LogP contribution in [0.4, 0.5) is 0 Å². The summed E-state index contributed by atoms with van der Waals surface area (Å²) in [6.45, 7) is 3.58. The summed E-state index contributed by atoms with van der Waals surface area (Å²) in [6, 6.07) is 15.2. The van der Waals surface area contributed by atoms with E-state index in [9.17, 15) is 4.79 Å². The average Bonchev–Trinajstić information content (AvgIpc) is 3.18. The fourth-order valence-electron chi connectivity index (χ4n) is 3.61. The first-order valence-electron chi connectivity index (χ1n) is 11.4. The SMILES string of the molecule is COCCCNNC(=O)[C@@]1(Cc2ccc(Br)cc2)N=C(c2ccc(OCCCO)cc2)O[C@H]1C. The molecule has 1 aliphatic heterocycles. The molecule has 8 nitrogen and oxygen atoms in total. The van der Waals surface area contributed by atoms with Crippen LogP contribution in [0.5, 0.6) is 5.75 Å². The largest absolute Gasteiger partial charge is 0.494 e. The molecule has 2 aromatic rings. The van der Waals surface area contributed by atoms with Gasteiger partial charge < -0.3 is 19.3 Å². The van der Waals surface area contributed by atoms with E-state index >= 15 is 0 Å². The number of aliphatic hydroxyl groups is 1. The summed E-state index contributed by atoms with van der Waals surface area (Å²) in [7, 11) is 1.65. The monoisotopic (exact) mass is 533 g/mol. The lowest BCUT2D eigenvalue weighted by Gasteiger charge is -2.28. The molecule has 0 radical (unpaired) electrons. The third-order valence-electron chi connectivity index (χ3n) is 5.57. The maximum absolute atomic E-state index is 13.4. The number of nitrogens with zero attached hydrogens (tertiary/aromatic N) is 1. The molecule has 1 amide bonds. The van der Waals surface area contributed by atoms with Gasteiger partial charge in [0.25, 0.3) is 5.91 Å². The number of hydrogen-bond donors (Lipinski definition) is 3. The smallest absolute Gasteiger partial charge is 0.266 e. The Morgan fingerprint density at radius 1 is 1.15 bits per heavy atom. The van der Waals surface area contributed by atoms with Crippen LogP contribution in [0, 0.1) is 0 Å². The first kappa shape index (κ1) is 26.2. The van der Waals surface area contributed by atoms with Gasteiger partial charge in [0.05, 0.1) is 6.61 Å². The molecule has 0 fully saturated rings. The zero-order valence-corrected chi connectivity index (χ0v) is 21.1. The van der Waals surface area contributed by atoms with Gasteiger partial charge >= 0.3 is 0 Å². The molecule has 0 aromatic heterocycles. The molecule has 0 unspecified atom stereocenters. The van der Waals surface area contributed by atoms with Gasteiger partial charge in [0.15, 0.2) is 5.54 Å². The molecule has 3 N–H and O–H groups in total. The number of ether oxygens (including phenoxy) is 3. The highest BCUT2D eigenvalue weighted by Crippen LogP contribution is 2.33. The minimum Gasteiger partial charge on any atom is -0.494 e. The van der Waals surface area contributed by atoms with Crippen LogP contribution in [0.2, 0.25) is 0 Å². The summed E-state index contributed by atoms with van der Waals surface area (Å²) in [4.78, 5) is 18.3. The summed E-state index contributed by atoms with van der Waals surface area (Å²) < 4.78 is 17.7. The Kier molecular flexibility index (Phi) is 9.88. The Morgan fingerprint density at radius 2 is 1.88 bits per heavy atom. The lowest BCUT2D eigenvalue weighted by atomic mass is 9.86. The van der Waals surface area contributed by atoms with E-state index in [0.717, 1.165) is 22.0 Å². The summed E-state index contributed by atoms with van der Waals surface area (Å²) in [5, 5.41) is 8.90. The normalized spacial score (nSPS) is 19.4. The highest BCUT2D eigenvalue weighted by atomic mass is 79.9. The maximum atomic E-state index is 13.4. The number of halogens is 1. The van der Waals surface area contributed by atoms with Crippen LogP contribution >= 0.6 is 15.9 Å². The van der Waals surface area contributed by atoms with Crippen LogP contribution in [0.25, 0.3) is 0 Å². The van der Waals surface area contributed by atoms with Crippen molar-refractivity contribution in [1.29, 1.82) is 0 Å². The molecule has 184 valence electrons. The Bertz CT molecular complexity index is 952. The molecule has 0 saturated heterocycles. The molecule has 1 aliphatic rings. The second kappa shape index (κ2) is 12.9. The zero-order chi connectivity index (χ0) is 24.4. The minimum absolute atomic E-state index is 0.0877. The lowest BCUT2D eigenvalue weighted by Crippen LogP contribution is -2.56. The van der Waals surface area contributed by atoms with Gasteiger partial charge in [-0.15, -0.1) is 0 Å². The molecule has 3 rings (SSSR count). The van der Waals surface area contributed by atoms with Crippen molar-refractivity contribution in [3.63, 3.8) is 0 Å². The van der Waals surface area contributed by atoms with E-state index in [1.807, 2.05) is 55.5 Å². The van der Waals surface area contributed by atoms with Crippen LogP contribution in [-0.4, -0.2) is 62.0 Å². The Morgan fingerprint density at radius 3 is 2.56 bits per heavy atom. The van der Waals surface area contributed by atoms with E-state index in [2.05, 4.69) is 26.8 Å². The maximum Gasteiger partial charge on any atom is 0.266 e. The van der Waals surface area contributed by atoms with Crippen molar-refractivity contribution in [2.45, 2.75) is 37.8 Å². The lowest BCUT2D eigenvalue weighted by molar-refractivity contribution is -0.129. The fourth-order valence-corrected chi connectivity index (χ4v) is 3.88. The number of nitrogens with one attached hydrogen (secondary N) is 2. The summed E-state index contributed by atoms with van der Waals surface area (Å²) in [5.41, 5.74) is 6.40. The van der Waals surface area contributed by atoms with Crippen LogP contribution in [0.1, 0.15) is 30.9 Å². The van der Waals surface area contributed by atoms with E-state index in [1.54, 1.807) is 7.11 Å². The molecule has 9 heteroatoms. The number of amides is 1. The second-order valence-electron chi connectivity index (χ2n) is 8.08. The van der Waals surface area contributed by atoms with Gasteiger partial charge in [0.2, 0.25) is 5.90 Å². The van der Waals surface area contributed by atoms with Crippen LogP contribution < -0.4 is 15.6 Å². The van der Waals surface area contributed by atoms with Crippen molar-refractivity contribution in [1.82, 2.24) is 10.9 Å². The molecule has 0 saturated carbocycles.